The third kappa shape index (κ3) is 4.52. The van der Waals surface area contributed by atoms with Crippen LogP contribution in [0.15, 0.2) is 65.6 Å². The summed E-state index contributed by atoms with van der Waals surface area (Å²) >= 11 is 0. The number of sulfonamides is 1. The van der Waals surface area contributed by atoms with Crippen molar-refractivity contribution in [3.8, 4) is 11.5 Å². The standard InChI is InChI=1S/C25H26N2O5S/c1-16-5-12-22-23(13-16)32-24(25(28)26-19-7-6-17(2)18(3)14-19)15-27(22)33(29,30)21-10-8-20(31-4)9-11-21/h5-14,24H,15H2,1-4H3,(H,26,28)/t24-/m0/s1. The number of ether oxygens (including phenoxy) is 2. The van der Waals surface area contributed by atoms with Crippen molar-refractivity contribution < 1.29 is 22.7 Å². The molecular formula is C25H26N2O5S. The first-order valence-corrected chi connectivity index (χ1v) is 12.0. The molecule has 0 fully saturated rings. The number of nitrogens with zero attached hydrogens (tertiary/aromatic N) is 1. The van der Waals surface area contributed by atoms with Gasteiger partial charge in [-0.05, 0) is 86.0 Å². The van der Waals surface area contributed by atoms with E-state index in [1.54, 1.807) is 24.3 Å². The van der Waals surface area contributed by atoms with Gasteiger partial charge in [-0.15, -0.1) is 0 Å². The van der Waals surface area contributed by atoms with Crippen molar-refractivity contribution in [1.29, 1.82) is 0 Å². The van der Waals surface area contributed by atoms with Gasteiger partial charge < -0.3 is 14.8 Å². The summed E-state index contributed by atoms with van der Waals surface area (Å²) in [5.41, 5.74) is 4.08. The fourth-order valence-corrected chi connectivity index (χ4v) is 5.12. The number of fused-ring (bicyclic) bond motifs is 1. The topological polar surface area (TPSA) is 84.9 Å². The molecule has 1 atom stereocenters. The Bertz CT molecular complexity index is 1300. The van der Waals surface area contributed by atoms with Crippen molar-refractivity contribution in [2.45, 2.75) is 31.8 Å². The highest BCUT2D eigenvalue weighted by Crippen LogP contribution is 2.38. The van der Waals surface area contributed by atoms with E-state index in [2.05, 4.69) is 5.32 Å². The minimum atomic E-state index is -3.95. The predicted molar refractivity (Wildman–Crippen MR) is 128 cm³/mol. The third-order valence-corrected chi connectivity index (χ3v) is 7.49. The smallest absolute Gasteiger partial charge is 0.267 e. The molecule has 3 aromatic carbocycles. The van der Waals surface area contributed by atoms with E-state index in [1.807, 2.05) is 45.0 Å². The number of carbonyl (C=O) groups excluding carboxylic acids is 1. The molecule has 0 unspecified atom stereocenters. The Morgan fingerprint density at radius 1 is 1.00 bits per heavy atom. The molecule has 0 saturated heterocycles. The molecule has 0 aromatic heterocycles. The summed E-state index contributed by atoms with van der Waals surface area (Å²) in [5, 5.41) is 2.85. The number of methoxy groups -OCH3 is 1. The second-order valence-electron chi connectivity index (χ2n) is 8.08. The van der Waals surface area contributed by atoms with Crippen LogP contribution in [0.4, 0.5) is 11.4 Å². The van der Waals surface area contributed by atoms with Gasteiger partial charge in [0.1, 0.15) is 11.5 Å². The van der Waals surface area contributed by atoms with Crippen molar-refractivity contribution in [1.82, 2.24) is 0 Å². The highest BCUT2D eigenvalue weighted by molar-refractivity contribution is 7.92. The summed E-state index contributed by atoms with van der Waals surface area (Å²) in [6, 6.07) is 17.0. The van der Waals surface area contributed by atoms with E-state index < -0.39 is 22.0 Å². The molecule has 0 radical (unpaired) electrons. The van der Waals surface area contributed by atoms with Gasteiger partial charge in [0.05, 0.1) is 24.2 Å². The monoisotopic (exact) mass is 466 g/mol. The lowest BCUT2D eigenvalue weighted by molar-refractivity contribution is -0.122. The normalized spacial score (nSPS) is 15.4. The molecule has 3 aromatic rings. The number of nitrogens with one attached hydrogen (secondary N) is 1. The van der Waals surface area contributed by atoms with Crippen LogP contribution in [-0.2, 0) is 14.8 Å². The van der Waals surface area contributed by atoms with Crippen LogP contribution in [0.25, 0.3) is 0 Å². The molecule has 0 bridgehead atoms. The van der Waals surface area contributed by atoms with Gasteiger partial charge in [0.2, 0.25) is 0 Å². The van der Waals surface area contributed by atoms with Gasteiger partial charge in [-0.25, -0.2) is 8.42 Å². The average Bonchev–Trinajstić information content (AvgIpc) is 2.80. The number of amides is 1. The third-order valence-electron chi connectivity index (χ3n) is 5.70. The molecule has 0 spiro atoms. The molecular weight excluding hydrogens is 440 g/mol. The van der Waals surface area contributed by atoms with Crippen LogP contribution in [0.2, 0.25) is 0 Å². The lowest BCUT2D eigenvalue weighted by Crippen LogP contribution is -2.48. The molecule has 33 heavy (non-hydrogen) atoms. The summed E-state index contributed by atoms with van der Waals surface area (Å²) in [4.78, 5) is 13.2. The largest absolute Gasteiger partial charge is 0.497 e. The number of carbonyl (C=O) groups is 1. The maximum atomic E-state index is 13.5. The van der Waals surface area contributed by atoms with E-state index in [1.165, 1.54) is 23.5 Å². The van der Waals surface area contributed by atoms with Crippen LogP contribution in [-0.4, -0.2) is 34.1 Å². The van der Waals surface area contributed by atoms with Crippen molar-refractivity contribution in [2.75, 3.05) is 23.3 Å². The quantitative estimate of drug-likeness (QED) is 0.609. The van der Waals surface area contributed by atoms with Crippen LogP contribution in [0.1, 0.15) is 16.7 Å². The van der Waals surface area contributed by atoms with E-state index >= 15 is 0 Å². The average molecular weight is 467 g/mol. The SMILES string of the molecule is COc1ccc(S(=O)(=O)N2C[C@@H](C(=O)Nc3ccc(C)c(C)c3)Oc3cc(C)ccc32)cc1. The van der Waals surface area contributed by atoms with Crippen LogP contribution in [0.5, 0.6) is 11.5 Å². The first kappa shape index (κ1) is 22.7. The zero-order chi connectivity index (χ0) is 23.8. The number of benzene rings is 3. The van der Waals surface area contributed by atoms with Gasteiger partial charge >= 0.3 is 0 Å². The lowest BCUT2D eigenvalue weighted by Gasteiger charge is -2.35. The number of rotatable bonds is 5. The van der Waals surface area contributed by atoms with E-state index in [0.29, 0.717) is 22.9 Å². The first-order chi connectivity index (χ1) is 15.7. The van der Waals surface area contributed by atoms with Gasteiger partial charge in [0.15, 0.2) is 6.10 Å². The highest BCUT2D eigenvalue weighted by Gasteiger charge is 2.37. The molecule has 0 saturated carbocycles. The van der Waals surface area contributed by atoms with Crippen molar-refractivity contribution >= 4 is 27.3 Å². The fraction of sp³-hybridized carbons (Fsp3) is 0.240. The Hall–Kier alpha value is -3.52. The van der Waals surface area contributed by atoms with Gasteiger partial charge in [-0.2, -0.15) is 0 Å². The number of hydrogen-bond acceptors (Lipinski definition) is 5. The molecule has 172 valence electrons. The first-order valence-electron chi connectivity index (χ1n) is 10.5. The van der Waals surface area contributed by atoms with Gasteiger partial charge in [-0.3, -0.25) is 9.10 Å². The number of hydrogen-bond donors (Lipinski definition) is 1. The van der Waals surface area contributed by atoms with E-state index in [4.69, 9.17) is 9.47 Å². The predicted octanol–water partition coefficient (Wildman–Crippen LogP) is 4.22. The highest BCUT2D eigenvalue weighted by atomic mass is 32.2. The summed E-state index contributed by atoms with van der Waals surface area (Å²) in [6.45, 7) is 5.68. The molecule has 1 aliphatic rings. The Balaban J connectivity index is 1.68. The van der Waals surface area contributed by atoms with Crippen LogP contribution < -0.4 is 19.1 Å². The van der Waals surface area contributed by atoms with Crippen molar-refractivity contribution in [2.24, 2.45) is 0 Å². The van der Waals surface area contributed by atoms with E-state index in [-0.39, 0.29) is 11.4 Å². The van der Waals surface area contributed by atoms with Crippen molar-refractivity contribution in [3.05, 3.63) is 77.4 Å². The molecule has 1 heterocycles. The van der Waals surface area contributed by atoms with Gasteiger partial charge in [-0.1, -0.05) is 12.1 Å². The molecule has 1 aliphatic heterocycles. The molecule has 4 rings (SSSR count). The van der Waals surface area contributed by atoms with Crippen molar-refractivity contribution in [3.63, 3.8) is 0 Å². The fourth-order valence-electron chi connectivity index (χ4n) is 3.64. The van der Waals surface area contributed by atoms with Crippen LogP contribution in [0, 0.1) is 20.8 Å². The van der Waals surface area contributed by atoms with Gasteiger partial charge in [0, 0.05) is 5.69 Å². The zero-order valence-electron chi connectivity index (χ0n) is 19.0. The van der Waals surface area contributed by atoms with E-state index in [0.717, 1.165) is 16.7 Å². The van der Waals surface area contributed by atoms with Crippen LogP contribution in [0.3, 0.4) is 0 Å². The minimum Gasteiger partial charge on any atom is -0.497 e. The summed E-state index contributed by atoms with van der Waals surface area (Å²) < 4.78 is 39.4. The second-order valence-corrected chi connectivity index (χ2v) is 9.94. The zero-order valence-corrected chi connectivity index (χ0v) is 19.8. The molecule has 1 amide bonds. The number of aryl methyl sites for hydroxylation is 3. The van der Waals surface area contributed by atoms with E-state index in [9.17, 15) is 13.2 Å². The summed E-state index contributed by atoms with van der Waals surface area (Å²) in [7, 11) is -2.43. The Kier molecular flexibility index (Phi) is 6.03. The molecule has 8 heteroatoms. The molecule has 1 N–H and O–H groups in total. The summed E-state index contributed by atoms with van der Waals surface area (Å²) in [5.74, 6) is 0.483. The Labute approximate surface area is 194 Å². The Morgan fingerprint density at radius 3 is 2.39 bits per heavy atom. The maximum absolute atomic E-state index is 13.5. The van der Waals surface area contributed by atoms with Crippen LogP contribution >= 0.6 is 0 Å². The second kappa shape index (κ2) is 8.78. The molecule has 7 nitrogen and oxygen atoms in total. The lowest BCUT2D eigenvalue weighted by atomic mass is 10.1. The summed E-state index contributed by atoms with van der Waals surface area (Å²) in [6.07, 6.45) is -1.02. The Morgan fingerprint density at radius 2 is 1.73 bits per heavy atom. The maximum Gasteiger partial charge on any atom is 0.267 e. The minimum absolute atomic E-state index is 0.102. The number of anilines is 2. The molecule has 0 aliphatic carbocycles. The van der Waals surface area contributed by atoms with Gasteiger partial charge in [0.25, 0.3) is 15.9 Å².